The molecule has 0 saturated heterocycles. The van der Waals surface area contributed by atoms with E-state index in [-0.39, 0.29) is 0 Å². The zero-order chi connectivity index (χ0) is 13.4. The van der Waals surface area contributed by atoms with Gasteiger partial charge in [0.1, 0.15) is 0 Å². The van der Waals surface area contributed by atoms with Gasteiger partial charge in [-0.2, -0.15) is 4.98 Å². The molecule has 1 aliphatic rings. The van der Waals surface area contributed by atoms with Crippen molar-refractivity contribution in [3.63, 3.8) is 0 Å². The summed E-state index contributed by atoms with van der Waals surface area (Å²) in [5, 5.41) is 8.05. The van der Waals surface area contributed by atoms with Crippen LogP contribution in [0, 0.1) is 18.8 Å². The third-order valence-electron chi connectivity index (χ3n) is 4.62. The second kappa shape index (κ2) is 4.83. The molecule has 3 unspecified atom stereocenters. The van der Waals surface area contributed by atoms with Gasteiger partial charge in [-0.3, -0.25) is 0 Å². The fourth-order valence-corrected chi connectivity index (χ4v) is 3.29. The third-order valence-corrected chi connectivity index (χ3v) is 4.62. The molecule has 2 aromatic rings. The van der Waals surface area contributed by atoms with Crippen LogP contribution in [0.4, 0.5) is 5.95 Å². The van der Waals surface area contributed by atoms with Gasteiger partial charge >= 0.3 is 0 Å². The van der Waals surface area contributed by atoms with Crippen molar-refractivity contribution in [3.8, 4) is 0 Å². The SMILES string of the molecule is CCC1CCC(Nc2nc3c(C)cccn3n2)C1C. The lowest BCUT2D eigenvalue weighted by Crippen LogP contribution is -2.25. The van der Waals surface area contributed by atoms with E-state index in [2.05, 4.69) is 42.2 Å². The molecule has 0 aliphatic heterocycles. The second-order valence-corrected chi connectivity index (χ2v) is 5.75. The first-order valence-electron chi connectivity index (χ1n) is 7.27. The topological polar surface area (TPSA) is 42.2 Å². The summed E-state index contributed by atoms with van der Waals surface area (Å²) in [6, 6.07) is 4.59. The van der Waals surface area contributed by atoms with Gasteiger partial charge in [0.25, 0.3) is 0 Å². The fourth-order valence-electron chi connectivity index (χ4n) is 3.29. The molecular weight excluding hydrogens is 236 g/mol. The van der Waals surface area contributed by atoms with E-state index in [0.29, 0.717) is 12.0 Å². The first-order chi connectivity index (χ1) is 9.19. The number of rotatable bonds is 3. The number of anilines is 1. The summed E-state index contributed by atoms with van der Waals surface area (Å²) in [6.45, 7) is 6.70. The standard InChI is InChI=1S/C15H22N4/c1-4-12-7-8-13(11(12)3)16-15-17-14-10(2)6-5-9-19(14)18-15/h5-6,9,11-13H,4,7-8H2,1-3H3,(H,16,18). The van der Waals surface area contributed by atoms with Crippen molar-refractivity contribution in [1.82, 2.24) is 14.6 Å². The van der Waals surface area contributed by atoms with Crippen LogP contribution in [0.1, 0.15) is 38.7 Å². The molecule has 2 aromatic heterocycles. The number of hydrogen-bond donors (Lipinski definition) is 1. The number of nitrogens with one attached hydrogen (secondary N) is 1. The van der Waals surface area contributed by atoms with Crippen molar-refractivity contribution in [2.75, 3.05) is 5.32 Å². The molecule has 0 aromatic carbocycles. The van der Waals surface area contributed by atoms with Crippen LogP contribution in [0.25, 0.3) is 5.65 Å². The highest BCUT2D eigenvalue weighted by atomic mass is 15.3. The monoisotopic (exact) mass is 258 g/mol. The van der Waals surface area contributed by atoms with Crippen LogP contribution in [0.3, 0.4) is 0 Å². The van der Waals surface area contributed by atoms with Crippen molar-refractivity contribution < 1.29 is 0 Å². The van der Waals surface area contributed by atoms with Crippen LogP contribution in [0.15, 0.2) is 18.3 Å². The van der Waals surface area contributed by atoms with Gasteiger partial charge in [0.15, 0.2) is 5.65 Å². The van der Waals surface area contributed by atoms with E-state index in [1.807, 2.05) is 16.8 Å². The molecule has 19 heavy (non-hydrogen) atoms. The van der Waals surface area contributed by atoms with Crippen molar-refractivity contribution >= 4 is 11.6 Å². The van der Waals surface area contributed by atoms with Crippen LogP contribution in [0.2, 0.25) is 0 Å². The van der Waals surface area contributed by atoms with E-state index < -0.39 is 0 Å². The minimum atomic E-state index is 0.516. The Hall–Kier alpha value is -1.58. The Morgan fingerprint density at radius 2 is 2.26 bits per heavy atom. The lowest BCUT2D eigenvalue weighted by Gasteiger charge is -2.19. The van der Waals surface area contributed by atoms with E-state index in [1.165, 1.54) is 19.3 Å². The zero-order valence-corrected chi connectivity index (χ0v) is 11.9. The van der Waals surface area contributed by atoms with E-state index in [0.717, 1.165) is 23.1 Å². The summed E-state index contributed by atoms with van der Waals surface area (Å²) in [5.74, 6) is 2.32. The highest BCUT2D eigenvalue weighted by Gasteiger charge is 2.32. The average Bonchev–Trinajstić information content (AvgIpc) is 2.96. The molecule has 4 heteroatoms. The van der Waals surface area contributed by atoms with Crippen LogP contribution in [0.5, 0.6) is 0 Å². The highest BCUT2D eigenvalue weighted by molar-refractivity contribution is 5.50. The van der Waals surface area contributed by atoms with E-state index in [4.69, 9.17) is 0 Å². The van der Waals surface area contributed by atoms with E-state index >= 15 is 0 Å². The van der Waals surface area contributed by atoms with Gasteiger partial charge in [0, 0.05) is 12.2 Å². The number of pyridine rings is 1. The summed E-state index contributed by atoms with van der Waals surface area (Å²) in [7, 11) is 0. The quantitative estimate of drug-likeness (QED) is 0.918. The van der Waals surface area contributed by atoms with E-state index in [1.54, 1.807) is 0 Å². The largest absolute Gasteiger partial charge is 0.350 e. The van der Waals surface area contributed by atoms with Crippen molar-refractivity contribution in [2.24, 2.45) is 11.8 Å². The maximum atomic E-state index is 4.60. The van der Waals surface area contributed by atoms with Gasteiger partial charge < -0.3 is 5.32 Å². The molecule has 1 fully saturated rings. The van der Waals surface area contributed by atoms with Crippen molar-refractivity contribution in [2.45, 2.75) is 46.1 Å². The second-order valence-electron chi connectivity index (χ2n) is 5.75. The molecule has 3 atom stereocenters. The Labute approximate surface area is 114 Å². The highest BCUT2D eigenvalue weighted by Crippen LogP contribution is 2.35. The number of fused-ring (bicyclic) bond motifs is 1. The lowest BCUT2D eigenvalue weighted by molar-refractivity contribution is 0.391. The molecule has 2 heterocycles. The third kappa shape index (κ3) is 2.20. The molecule has 0 radical (unpaired) electrons. The van der Waals surface area contributed by atoms with Gasteiger partial charge in [-0.25, -0.2) is 4.52 Å². The van der Waals surface area contributed by atoms with Gasteiger partial charge in [0.2, 0.25) is 5.95 Å². The summed E-state index contributed by atoms with van der Waals surface area (Å²) in [4.78, 5) is 4.60. The van der Waals surface area contributed by atoms with Crippen LogP contribution < -0.4 is 5.32 Å². The molecule has 1 aliphatic carbocycles. The van der Waals surface area contributed by atoms with Crippen molar-refractivity contribution in [1.29, 1.82) is 0 Å². The van der Waals surface area contributed by atoms with Gasteiger partial charge in [-0.1, -0.05) is 26.3 Å². The predicted octanol–water partition coefficient (Wildman–Crippen LogP) is 3.27. The summed E-state index contributed by atoms with van der Waals surface area (Å²) >= 11 is 0. The lowest BCUT2D eigenvalue weighted by atomic mass is 9.94. The average molecular weight is 258 g/mol. The Balaban J connectivity index is 1.81. The molecule has 3 rings (SSSR count). The minimum Gasteiger partial charge on any atom is -0.350 e. The Morgan fingerprint density at radius 1 is 1.42 bits per heavy atom. The van der Waals surface area contributed by atoms with Gasteiger partial charge in [-0.05, 0) is 43.2 Å². The summed E-state index contributed by atoms with van der Waals surface area (Å²) in [6.07, 6.45) is 5.78. The smallest absolute Gasteiger partial charge is 0.243 e. The number of aromatic nitrogens is 3. The molecule has 102 valence electrons. The molecule has 0 amide bonds. The molecule has 1 saturated carbocycles. The number of nitrogens with zero attached hydrogens (tertiary/aromatic N) is 3. The summed E-state index contributed by atoms with van der Waals surface area (Å²) in [5.41, 5.74) is 2.11. The molecular formula is C15H22N4. The Kier molecular flexibility index (Phi) is 3.17. The molecule has 4 nitrogen and oxygen atoms in total. The zero-order valence-electron chi connectivity index (χ0n) is 11.9. The molecule has 0 spiro atoms. The predicted molar refractivity (Wildman–Crippen MR) is 77.3 cm³/mol. The maximum Gasteiger partial charge on any atom is 0.243 e. The minimum absolute atomic E-state index is 0.516. The molecule has 0 bridgehead atoms. The van der Waals surface area contributed by atoms with E-state index in [9.17, 15) is 0 Å². The van der Waals surface area contributed by atoms with Gasteiger partial charge in [0.05, 0.1) is 0 Å². The number of hydrogen-bond acceptors (Lipinski definition) is 3. The van der Waals surface area contributed by atoms with Crippen LogP contribution in [-0.2, 0) is 0 Å². The Morgan fingerprint density at radius 3 is 2.95 bits per heavy atom. The van der Waals surface area contributed by atoms with Crippen LogP contribution >= 0.6 is 0 Å². The first kappa shape index (κ1) is 12.5. The normalized spacial score (nSPS) is 27.0. The fraction of sp³-hybridized carbons (Fsp3) is 0.600. The Bertz CT molecular complexity index is 575. The molecule has 1 N–H and O–H groups in total. The first-order valence-corrected chi connectivity index (χ1v) is 7.27. The summed E-state index contributed by atoms with van der Waals surface area (Å²) < 4.78 is 1.86. The van der Waals surface area contributed by atoms with Crippen LogP contribution in [-0.4, -0.2) is 20.6 Å². The van der Waals surface area contributed by atoms with Gasteiger partial charge in [-0.15, -0.1) is 5.10 Å². The maximum absolute atomic E-state index is 4.60. The number of aryl methyl sites for hydroxylation is 1. The van der Waals surface area contributed by atoms with Crippen molar-refractivity contribution in [3.05, 3.63) is 23.9 Å².